The van der Waals surface area contributed by atoms with Crippen LogP contribution in [-0.2, 0) is 6.42 Å². The van der Waals surface area contributed by atoms with Gasteiger partial charge in [-0.25, -0.2) is 4.98 Å². The Morgan fingerprint density at radius 2 is 1.30 bits per heavy atom. The lowest BCUT2D eigenvalue weighted by Crippen LogP contribution is -2.19. The number of hydrogen-bond donors (Lipinski definition) is 0. The molecule has 0 radical (unpaired) electrons. The molecule has 1 aromatic heterocycles. The van der Waals surface area contributed by atoms with Gasteiger partial charge >= 0.3 is 0 Å². The molecule has 9 rings (SSSR count). The Hall–Kier alpha value is -5.15. The van der Waals surface area contributed by atoms with Crippen molar-refractivity contribution in [1.29, 1.82) is 0 Å². The summed E-state index contributed by atoms with van der Waals surface area (Å²) in [5.41, 5.74) is 14.7. The zero-order chi connectivity index (χ0) is 26.4. The summed E-state index contributed by atoms with van der Waals surface area (Å²) in [4.78, 5) is 7.45. The van der Waals surface area contributed by atoms with Gasteiger partial charge in [0.1, 0.15) is 5.82 Å². The number of benzene rings is 6. The zero-order valence-corrected chi connectivity index (χ0v) is 22.1. The smallest absolute Gasteiger partial charge is 0.114 e. The van der Waals surface area contributed by atoms with Crippen LogP contribution in [0.25, 0.3) is 60.9 Å². The molecular formula is C37H25N3. The topological polar surface area (TPSA) is 21.1 Å². The van der Waals surface area contributed by atoms with E-state index in [-0.39, 0.29) is 0 Å². The van der Waals surface area contributed by atoms with E-state index in [1.54, 1.807) is 0 Å². The summed E-state index contributed by atoms with van der Waals surface area (Å²) in [5.74, 6) is 1.09. The number of fused-ring (bicyclic) bond motifs is 5. The summed E-state index contributed by atoms with van der Waals surface area (Å²) < 4.78 is 2.39. The number of rotatable bonds is 3. The SMILES string of the molecule is CCc1nc2cccc3c2n1-c1cc(-c2ccc4c5c(cccc25)-c2ccccc2-4)ccc1N3c1ccccc1. The van der Waals surface area contributed by atoms with Gasteiger partial charge in [-0.1, -0.05) is 91.9 Å². The van der Waals surface area contributed by atoms with E-state index in [0.29, 0.717) is 0 Å². The molecule has 0 fully saturated rings. The Labute approximate surface area is 232 Å². The van der Waals surface area contributed by atoms with Gasteiger partial charge in [0.25, 0.3) is 0 Å². The second-order valence-electron chi connectivity index (χ2n) is 10.7. The van der Waals surface area contributed by atoms with Crippen LogP contribution in [0, 0.1) is 0 Å². The van der Waals surface area contributed by atoms with Gasteiger partial charge in [0, 0.05) is 12.1 Å². The van der Waals surface area contributed by atoms with Gasteiger partial charge < -0.3 is 4.90 Å². The predicted molar refractivity (Wildman–Crippen MR) is 166 cm³/mol. The van der Waals surface area contributed by atoms with Gasteiger partial charge in [0.15, 0.2) is 0 Å². The Kier molecular flexibility index (Phi) is 4.31. The van der Waals surface area contributed by atoms with E-state index in [1.165, 1.54) is 66.7 Å². The van der Waals surface area contributed by atoms with Gasteiger partial charge in [0.2, 0.25) is 0 Å². The van der Waals surface area contributed by atoms with Crippen molar-refractivity contribution >= 4 is 38.9 Å². The normalized spacial score (nSPS) is 12.7. The van der Waals surface area contributed by atoms with Gasteiger partial charge in [-0.05, 0) is 80.6 Å². The number of para-hydroxylation sites is 2. The molecule has 0 atom stereocenters. The molecule has 2 heterocycles. The lowest BCUT2D eigenvalue weighted by molar-refractivity contribution is 0.900. The molecule has 0 saturated carbocycles. The molecular weight excluding hydrogens is 486 g/mol. The van der Waals surface area contributed by atoms with Crippen molar-refractivity contribution in [3.05, 3.63) is 127 Å². The summed E-state index contributed by atoms with van der Waals surface area (Å²) >= 11 is 0. The highest BCUT2D eigenvalue weighted by Gasteiger charge is 2.29. The summed E-state index contributed by atoms with van der Waals surface area (Å²) in [7, 11) is 0. The maximum atomic E-state index is 5.07. The standard InChI is InChI=1S/C37H25N3/c1-2-35-38-31-16-9-17-33-37(31)40(35)34-22-23(18-21-32(34)39(33)24-10-4-3-5-11-24)25-19-20-30-27-13-7-6-12-26(27)29-15-8-14-28(25)36(29)30/h3-22H,2H2,1H3. The molecule has 7 aromatic rings. The highest BCUT2D eigenvalue weighted by Crippen LogP contribution is 2.51. The second-order valence-corrected chi connectivity index (χ2v) is 10.7. The van der Waals surface area contributed by atoms with Crippen LogP contribution in [0.15, 0.2) is 121 Å². The molecule has 0 amide bonds. The van der Waals surface area contributed by atoms with Crippen molar-refractivity contribution in [2.24, 2.45) is 0 Å². The molecule has 3 heteroatoms. The molecule has 3 nitrogen and oxygen atoms in total. The van der Waals surface area contributed by atoms with Crippen LogP contribution >= 0.6 is 0 Å². The molecule has 1 aliphatic carbocycles. The molecule has 188 valence electrons. The first-order valence-corrected chi connectivity index (χ1v) is 14.0. The van der Waals surface area contributed by atoms with E-state index in [1.807, 2.05) is 0 Å². The minimum absolute atomic E-state index is 0.863. The third-order valence-electron chi connectivity index (χ3n) is 8.61. The van der Waals surface area contributed by atoms with Crippen molar-refractivity contribution in [2.45, 2.75) is 13.3 Å². The van der Waals surface area contributed by atoms with Crippen molar-refractivity contribution < 1.29 is 0 Å². The number of nitrogens with zero attached hydrogens (tertiary/aromatic N) is 3. The van der Waals surface area contributed by atoms with E-state index < -0.39 is 0 Å². The highest BCUT2D eigenvalue weighted by molar-refractivity contribution is 6.18. The van der Waals surface area contributed by atoms with Crippen LogP contribution in [0.5, 0.6) is 0 Å². The molecule has 0 saturated heterocycles. The lowest BCUT2D eigenvalue weighted by Gasteiger charge is -2.33. The third kappa shape index (κ3) is 2.76. The number of aryl methyl sites for hydroxylation is 1. The van der Waals surface area contributed by atoms with Gasteiger partial charge in [0.05, 0.1) is 28.1 Å². The van der Waals surface area contributed by atoms with Crippen molar-refractivity contribution in [2.75, 3.05) is 4.90 Å². The first kappa shape index (κ1) is 21.7. The average molecular weight is 512 g/mol. The monoisotopic (exact) mass is 511 g/mol. The van der Waals surface area contributed by atoms with Crippen LogP contribution in [0.3, 0.4) is 0 Å². The minimum atomic E-state index is 0.863. The number of aromatic nitrogens is 2. The van der Waals surface area contributed by atoms with Gasteiger partial charge in [-0.3, -0.25) is 4.57 Å². The molecule has 1 aliphatic heterocycles. The number of hydrogen-bond acceptors (Lipinski definition) is 2. The molecule has 0 bridgehead atoms. The molecule has 0 spiro atoms. The summed E-state index contributed by atoms with van der Waals surface area (Å²) in [6, 6.07) is 44.2. The second kappa shape index (κ2) is 7.93. The van der Waals surface area contributed by atoms with Gasteiger partial charge in [-0.2, -0.15) is 0 Å². The van der Waals surface area contributed by atoms with Crippen LogP contribution in [-0.4, -0.2) is 9.55 Å². The Morgan fingerprint density at radius 1 is 0.575 bits per heavy atom. The fourth-order valence-electron chi connectivity index (χ4n) is 6.94. The van der Waals surface area contributed by atoms with Crippen LogP contribution in [0.1, 0.15) is 12.7 Å². The quantitative estimate of drug-likeness (QED) is 0.235. The molecule has 40 heavy (non-hydrogen) atoms. The first-order chi connectivity index (χ1) is 19.8. The minimum Gasteiger partial charge on any atom is -0.306 e. The zero-order valence-electron chi connectivity index (χ0n) is 22.1. The molecule has 2 aliphatic rings. The van der Waals surface area contributed by atoms with Crippen LogP contribution in [0.2, 0.25) is 0 Å². The summed E-state index contributed by atoms with van der Waals surface area (Å²) in [5, 5.41) is 2.66. The highest BCUT2D eigenvalue weighted by atomic mass is 15.2. The van der Waals surface area contributed by atoms with Gasteiger partial charge in [-0.15, -0.1) is 0 Å². The van der Waals surface area contributed by atoms with Crippen molar-refractivity contribution in [1.82, 2.24) is 9.55 Å². The van der Waals surface area contributed by atoms with E-state index in [9.17, 15) is 0 Å². The lowest BCUT2D eigenvalue weighted by atomic mass is 9.93. The maximum absolute atomic E-state index is 5.07. The molecule has 6 aromatic carbocycles. The molecule has 0 N–H and O–H groups in total. The Balaban J connectivity index is 1.33. The van der Waals surface area contributed by atoms with E-state index in [2.05, 4.69) is 138 Å². The fourth-order valence-corrected chi connectivity index (χ4v) is 6.94. The van der Waals surface area contributed by atoms with Crippen molar-refractivity contribution in [3.8, 4) is 39.1 Å². The summed E-state index contributed by atoms with van der Waals surface area (Å²) in [6.45, 7) is 2.19. The van der Waals surface area contributed by atoms with Crippen LogP contribution < -0.4 is 4.90 Å². The number of anilines is 3. The van der Waals surface area contributed by atoms with E-state index in [0.717, 1.165) is 23.4 Å². The Morgan fingerprint density at radius 3 is 2.12 bits per heavy atom. The Bertz CT molecular complexity index is 2120. The largest absolute Gasteiger partial charge is 0.306 e. The maximum Gasteiger partial charge on any atom is 0.114 e. The average Bonchev–Trinajstić information content (AvgIpc) is 3.56. The molecule has 0 unspecified atom stereocenters. The predicted octanol–water partition coefficient (Wildman–Crippen LogP) is 9.84. The number of imidazole rings is 1. The van der Waals surface area contributed by atoms with E-state index in [4.69, 9.17) is 4.98 Å². The van der Waals surface area contributed by atoms with Crippen molar-refractivity contribution in [3.63, 3.8) is 0 Å². The summed E-state index contributed by atoms with van der Waals surface area (Å²) in [6.07, 6.45) is 0.863. The first-order valence-electron chi connectivity index (χ1n) is 14.0. The third-order valence-corrected chi connectivity index (χ3v) is 8.61. The van der Waals surface area contributed by atoms with Crippen LogP contribution in [0.4, 0.5) is 17.1 Å². The fraction of sp³-hybridized carbons (Fsp3) is 0.0541. The van der Waals surface area contributed by atoms with E-state index >= 15 is 0 Å².